The maximum Gasteiger partial charge on any atom is 0.0541 e. The molecule has 1 nitrogen and oxygen atoms in total. The second-order valence-electron chi connectivity index (χ2n) is 8.69. The van der Waals surface area contributed by atoms with Gasteiger partial charge in [-0.3, -0.25) is 0 Å². The van der Waals surface area contributed by atoms with Gasteiger partial charge < -0.3 is 4.57 Å². The van der Waals surface area contributed by atoms with Gasteiger partial charge in [-0.15, -0.1) is 13.2 Å². The fraction of sp³-hybridized carbons (Fsp3) is 0.0857. The van der Waals surface area contributed by atoms with Gasteiger partial charge in [0.15, 0.2) is 0 Å². The summed E-state index contributed by atoms with van der Waals surface area (Å²) in [7, 11) is 0. The predicted octanol–water partition coefficient (Wildman–Crippen LogP) is 10.4. The highest BCUT2D eigenvalue weighted by molar-refractivity contribution is 6.25. The van der Waals surface area contributed by atoms with Crippen LogP contribution < -0.4 is 0 Å². The number of benzene rings is 6. The summed E-state index contributed by atoms with van der Waals surface area (Å²) in [6, 6.07) is 40.0. The summed E-state index contributed by atoms with van der Waals surface area (Å²) in [5, 5.41) is 10.5. The minimum atomic E-state index is 1.20. The highest BCUT2D eigenvalue weighted by atomic mass is 15.0. The van der Waals surface area contributed by atoms with Gasteiger partial charge in [0.25, 0.3) is 0 Å². The van der Waals surface area contributed by atoms with Gasteiger partial charge in [-0.25, -0.2) is 0 Å². The lowest BCUT2D eigenvalue weighted by Gasteiger charge is -2.13. The Morgan fingerprint density at radius 1 is 0.444 bits per heavy atom. The third kappa shape index (κ3) is 3.56. The van der Waals surface area contributed by atoms with E-state index in [0.29, 0.717) is 0 Å². The molecule has 0 aliphatic heterocycles. The molecule has 1 heteroatoms. The number of rotatable bonds is 1. The first-order valence-electron chi connectivity index (χ1n) is 12.6. The molecule has 1 aromatic heterocycles. The maximum atomic E-state index is 3.00. The normalized spacial score (nSPS) is 10.9. The molecule has 0 saturated carbocycles. The zero-order valence-corrected chi connectivity index (χ0v) is 21.3. The van der Waals surface area contributed by atoms with Crippen LogP contribution in [0.4, 0.5) is 0 Å². The van der Waals surface area contributed by atoms with Crippen LogP contribution in [0.2, 0.25) is 0 Å². The first-order chi connectivity index (χ1) is 17.8. The van der Waals surface area contributed by atoms with E-state index >= 15 is 0 Å². The first-order valence-corrected chi connectivity index (χ1v) is 12.6. The van der Waals surface area contributed by atoms with Crippen molar-refractivity contribution in [3.63, 3.8) is 0 Å². The summed E-state index contributed by atoms with van der Waals surface area (Å²) < 4.78 is 2.41. The number of hydrogen-bond donors (Lipinski definition) is 0. The van der Waals surface area contributed by atoms with Crippen molar-refractivity contribution in [1.29, 1.82) is 0 Å². The Balaban J connectivity index is 0.000000637. The first kappa shape index (κ1) is 23.4. The fourth-order valence-electron chi connectivity index (χ4n) is 5.40. The number of hydrogen-bond acceptors (Lipinski definition) is 0. The highest BCUT2D eigenvalue weighted by Gasteiger charge is 2.14. The molecule has 0 spiro atoms. The lowest BCUT2D eigenvalue weighted by Crippen LogP contribution is -1.94. The fourth-order valence-corrected chi connectivity index (χ4v) is 5.40. The van der Waals surface area contributed by atoms with Gasteiger partial charge in [-0.1, -0.05) is 98.3 Å². The Kier molecular flexibility index (Phi) is 6.31. The van der Waals surface area contributed by atoms with Gasteiger partial charge >= 0.3 is 0 Å². The third-order valence-electron chi connectivity index (χ3n) is 6.81. The number of nitrogens with zero attached hydrogens (tertiary/aromatic N) is 1. The van der Waals surface area contributed by atoms with Crippen LogP contribution in [-0.2, 0) is 0 Å². The van der Waals surface area contributed by atoms with Crippen LogP contribution in [-0.4, -0.2) is 4.57 Å². The molecule has 176 valence electrons. The summed E-state index contributed by atoms with van der Waals surface area (Å²) in [6.07, 6.45) is 0. The number of aryl methyl sites for hydroxylation is 1. The molecule has 0 aliphatic carbocycles. The number of para-hydroxylation sites is 1. The molecular weight excluding hydrogens is 434 g/mol. The molecular formula is C35H31N. The van der Waals surface area contributed by atoms with Gasteiger partial charge in [0.1, 0.15) is 0 Å². The van der Waals surface area contributed by atoms with Gasteiger partial charge in [0, 0.05) is 16.5 Å². The van der Waals surface area contributed by atoms with Crippen LogP contribution in [0.25, 0.3) is 59.8 Å². The van der Waals surface area contributed by atoms with Crippen molar-refractivity contribution in [1.82, 2.24) is 4.57 Å². The molecule has 1 heterocycles. The molecule has 0 atom stereocenters. The lowest BCUT2D eigenvalue weighted by molar-refractivity contribution is 1.19. The summed E-state index contributed by atoms with van der Waals surface area (Å²) in [4.78, 5) is 0. The van der Waals surface area contributed by atoms with Crippen LogP contribution in [0.1, 0.15) is 19.4 Å². The van der Waals surface area contributed by atoms with Gasteiger partial charge in [-0.05, 0) is 69.6 Å². The van der Waals surface area contributed by atoms with Crippen molar-refractivity contribution in [2.24, 2.45) is 0 Å². The minimum Gasteiger partial charge on any atom is -0.309 e. The second-order valence-corrected chi connectivity index (χ2v) is 8.69. The van der Waals surface area contributed by atoms with Crippen LogP contribution in [0.15, 0.2) is 122 Å². The van der Waals surface area contributed by atoms with E-state index in [1.54, 1.807) is 0 Å². The molecule has 0 saturated heterocycles. The Morgan fingerprint density at radius 2 is 0.917 bits per heavy atom. The molecule has 0 unspecified atom stereocenters. The average molecular weight is 466 g/mol. The molecule has 0 fully saturated rings. The summed E-state index contributed by atoms with van der Waals surface area (Å²) in [5.41, 5.74) is 4.99. The van der Waals surface area contributed by atoms with Crippen molar-refractivity contribution in [3.8, 4) is 5.69 Å². The van der Waals surface area contributed by atoms with E-state index in [1.807, 2.05) is 13.8 Å². The van der Waals surface area contributed by atoms with Crippen molar-refractivity contribution in [2.75, 3.05) is 0 Å². The standard InChI is InChI=1S/C31H21N.C2H6.C2H4/c1-20-14-17-31-29(18-20)27-12-6-7-13-30(27)32(31)21-15-16-26-24-10-3-2-8-22(24)23-9-4-5-11-25(23)28(26)19-21;2*1-2/h2-19H,1H3;1-2H3;1-2H2. The molecule has 0 bridgehead atoms. The van der Waals surface area contributed by atoms with E-state index in [1.165, 1.54) is 65.4 Å². The minimum absolute atomic E-state index is 1.20. The zero-order valence-electron chi connectivity index (χ0n) is 21.3. The van der Waals surface area contributed by atoms with Crippen molar-refractivity contribution in [3.05, 3.63) is 128 Å². The van der Waals surface area contributed by atoms with E-state index < -0.39 is 0 Å². The number of fused-ring (bicyclic) bond motifs is 9. The monoisotopic (exact) mass is 465 g/mol. The van der Waals surface area contributed by atoms with Crippen LogP contribution in [0, 0.1) is 6.92 Å². The predicted molar refractivity (Wildman–Crippen MR) is 161 cm³/mol. The van der Waals surface area contributed by atoms with Crippen LogP contribution in [0.3, 0.4) is 0 Å². The lowest BCUT2D eigenvalue weighted by atomic mass is 9.94. The summed E-state index contributed by atoms with van der Waals surface area (Å²) in [5.74, 6) is 0. The number of aromatic nitrogens is 1. The molecule has 0 N–H and O–H groups in total. The highest BCUT2D eigenvalue weighted by Crippen LogP contribution is 2.38. The maximum absolute atomic E-state index is 3.00. The Morgan fingerprint density at radius 3 is 1.53 bits per heavy atom. The van der Waals surface area contributed by atoms with Gasteiger partial charge in [0.2, 0.25) is 0 Å². The molecule has 0 aliphatic rings. The van der Waals surface area contributed by atoms with Crippen molar-refractivity contribution in [2.45, 2.75) is 20.8 Å². The largest absolute Gasteiger partial charge is 0.309 e. The average Bonchev–Trinajstić information content (AvgIpc) is 3.28. The van der Waals surface area contributed by atoms with E-state index in [2.05, 4.69) is 134 Å². The molecule has 0 amide bonds. The third-order valence-corrected chi connectivity index (χ3v) is 6.81. The SMILES string of the molecule is C=C.CC.Cc1ccc2c(c1)c1ccccc1n2-c1ccc2c3ccccc3c3ccccc3c2c1. The molecule has 6 aromatic carbocycles. The van der Waals surface area contributed by atoms with Crippen molar-refractivity contribution >= 4 is 54.1 Å². The zero-order chi connectivity index (χ0) is 25.2. The summed E-state index contributed by atoms with van der Waals surface area (Å²) in [6.45, 7) is 12.2. The Hall–Kier alpha value is -4.36. The van der Waals surface area contributed by atoms with Crippen LogP contribution >= 0.6 is 0 Å². The molecule has 7 aromatic rings. The molecule has 36 heavy (non-hydrogen) atoms. The smallest absolute Gasteiger partial charge is 0.0541 e. The van der Waals surface area contributed by atoms with E-state index in [4.69, 9.17) is 0 Å². The van der Waals surface area contributed by atoms with Gasteiger partial charge in [0.05, 0.1) is 11.0 Å². The van der Waals surface area contributed by atoms with E-state index in [-0.39, 0.29) is 0 Å². The topological polar surface area (TPSA) is 4.93 Å². The van der Waals surface area contributed by atoms with E-state index in [0.717, 1.165) is 0 Å². The summed E-state index contributed by atoms with van der Waals surface area (Å²) >= 11 is 0. The van der Waals surface area contributed by atoms with Crippen molar-refractivity contribution < 1.29 is 0 Å². The Labute approximate surface area is 212 Å². The van der Waals surface area contributed by atoms with Gasteiger partial charge in [-0.2, -0.15) is 0 Å². The molecule has 7 rings (SSSR count). The quantitative estimate of drug-likeness (QED) is 0.168. The van der Waals surface area contributed by atoms with Crippen LogP contribution in [0.5, 0.6) is 0 Å². The second kappa shape index (κ2) is 9.71. The van der Waals surface area contributed by atoms with E-state index in [9.17, 15) is 0 Å². The Bertz CT molecular complexity index is 1820. The molecule has 0 radical (unpaired) electrons.